The molecule has 2 saturated heterocycles. The van der Waals surface area contributed by atoms with Crippen LogP contribution < -0.4 is 0 Å². The molecule has 0 N–H and O–H groups in total. The second kappa shape index (κ2) is 8.76. The van der Waals surface area contributed by atoms with Gasteiger partial charge in [0.05, 0.1) is 19.3 Å². The SMILES string of the molecule is CC(C)OC(=O)[C@H](C=O)CC1(CCC[C@@H]2CCOC2)OCCO1. The molecular weight excluding hydrogens is 300 g/mol. The van der Waals surface area contributed by atoms with Crippen LogP contribution in [0.5, 0.6) is 0 Å². The molecule has 2 fully saturated rings. The number of hydrogen-bond donors (Lipinski definition) is 0. The quantitative estimate of drug-likeness (QED) is 0.367. The summed E-state index contributed by atoms with van der Waals surface area (Å²) in [5, 5.41) is 0. The summed E-state index contributed by atoms with van der Waals surface area (Å²) in [4.78, 5) is 23.3. The highest BCUT2D eigenvalue weighted by Crippen LogP contribution is 2.33. The molecule has 0 aromatic heterocycles. The van der Waals surface area contributed by atoms with Gasteiger partial charge in [0.15, 0.2) is 5.79 Å². The van der Waals surface area contributed by atoms with Crippen molar-refractivity contribution in [1.82, 2.24) is 0 Å². The molecule has 0 spiro atoms. The second-order valence-corrected chi connectivity index (χ2v) is 6.66. The first kappa shape index (κ1) is 18.4. The molecule has 0 aliphatic carbocycles. The molecular formula is C17H28O6. The van der Waals surface area contributed by atoms with E-state index in [0.717, 1.165) is 32.5 Å². The lowest BCUT2D eigenvalue weighted by Crippen LogP contribution is -2.37. The molecule has 23 heavy (non-hydrogen) atoms. The van der Waals surface area contributed by atoms with E-state index in [-0.39, 0.29) is 12.5 Å². The van der Waals surface area contributed by atoms with Crippen LogP contribution in [0.2, 0.25) is 0 Å². The molecule has 2 rings (SSSR count). The Morgan fingerprint density at radius 3 is 2.61 bits per heavy atom. The largest absolute Gasteiger partial charge is 0.462 e. The lowest BCUT2D eigenvalue weighted by Gasteiger charge is -2.29. The van der Waals surface area contributed by atoms with E-state index in [4.69, 9.17) is 18.9 Å². The van der Waals surface area contributed by atoms with E-state index in [1.165, 1.54) is 0 Å². The maximum absolute atomic E-state index is 12.0. The van der Waals surface area contributed by atoms with Gasteiger partial charge in [-0.2, -0.15) is 0 Å². The molecule has 6 heteroatoms. The van der Waals surface area contributed by atoms with Crippen molar-refractivity contribution in [3.8, 4) is 0 Å². The topological polar surface area (TPSA) is 71.1 Å². The van der Waals surface area contributed by atoms with E-state index in [0.29, 0.717) is 31.8 Å². The summed E-state index contributed by atoms with van der Waals surface area (Å²) in [6.45, 7) is 6.20. The van der Waals surface area contributed by atoms with E-state index < -0.39 is 17.7 Å². The molecule has 0 unspecified atom stereocenters. The molecule has 0 amide bonds. The molecule has 2 atom stereocenters. The fourth-order valence-electron chi connectivity index (χ4n) is 3.17. The molecule has 0 bridgehead atoms. The fraction of sp³-hybridized carbons (Fsp3) is 0.882. The third kappa shape index (κ3) is 5.55. The molecule has 2 heterocycles. The van der Waals surface area contributed by atoms with E-state index in [9.17, 15) is 9.59 Å². The molecule has 6 nitrogen and oxygen atoms in total. The third-order valence-corrected chi connectivity index (χ3v) is 4.36. The van der Waals surface area contributed by atoms with Crippen molar-refractivity contribution in [1.29, 1.82) is 0 Å². The number of carbonyl (C=O) groups excluding carboxylic acids is 2. The van der Waals surface area contributed by atoms with E-state index in [2.05, 4.69) is 0 Å². The summed E-state index contributed by atoms with van der Waals surface area (Å²) in [6.07, 6.45) is 4.39. The molecule has 0 aromatic carbocycles. The van der Waals surface area contributed by atoms with Crippen molar-refractivity contribution in [2.24, 2.45) is 11.8 Å². The van der Waals surface area contributed by atoms with Gasteiger partial charge in [0, 0.05) is 26.1 Å². The number of rotatable bonds is 9. The minimum atomic E-state index is -0.842. The molecule has 0 aromatic rings. The average Bonchev–Trinajstić information content (AvgIpc) is 3.16. The first-order valence-corrected chi connectivity index (χ1v) is 8.56. The summed E-state index contributed by atoms with van der Waals surface area (Å²) in [7, 11) is 0. The zero-order chi connectivity index (χ0) is 16.7. The number of ether oxygens (including phenoxy) is 4. The van der Waals surface area contributed by atoms with Gasteiger partial charge in [0.25, 0.3) is 0 Å². The Kier molecular flexibility index (Phi) is 6.99. The smallest absolute Gasteiger partial charge is 0.316 e. The van der Waals surface area contributed by atoms with Gasteiger partial charge in [-0.05, 0) is 39.0 Å². The van der Waals surface area contributed by atoms with Crippen molar-refractivity contribution in [2.45, 2.75) is 57.8 Å². The first-order chi connectivity index (χ1) is 11.0. The van der Waals surface area contributed by atoms with Gasteiger partial charge in [0.1, 0.15) is 12.2 Å². The highest BCUT2D eigenvalue weighted by atomic mass is 16.7. The minimum Gasteiger partial charge on any atom is -0.462 e. The number of esters is 1. The minimum absolute atomic E-state index is 0.225. The predicted molar refractivity (Wildman–Crippen MR) is 82.8 cm³/mol. The van der Waals surface area contributed by atoms with Gasteiger partial charge in [-0.1, -0.05) is 0 Å². The summed E-state index contributed by atoms with van der Waals surface area (Å²) >= 11 is 0. The summed E-state index contributed by atoms with van der Waals surface area (Å²) < 4.78 is 22.1. The standard InChI is InChI=1S/C17H28O6/c1-13(2)23-16(19)15(11-18)10-17(21-8-9-22-17)6-3-4-14-5-7-20-12-14/h11,13-15H,3-10,12H2,1-2H3/t14-,15+/m1/s1. The average molecular weight is 328 g/mol. The van der Waals surface area contributed by atoms with Crippen molar-refractivity contribution in [2.75, 3.05) is 26.4 Å². The highest BCUT2D eigenvalue weighted by molar-refractivity contribution is 5.87. The van der Waals surface area contributed by atoms with Crippen LogP contribution in [0.3, 0.4) is 0 Å². The van der Waals surface area contributed by atoms with Crippen molar-refractivity contribution >= 4 is 12.3 Å². The Morgan fingerprint density at radius 1 is 1.30 bits per heavy atom. The zero-order valence-electron chi connectivity index (χ0n) is 14.1. The molecule has 0 radical (unpaired) electrons. The van der Waals surface area contributed by atoms with E-state index >= 15 is 0 Å². The van der Waals surface area contributed by atoms with Crippen molar-refractivity contribution in [3.63, 3.8) is 0 Å². The van der Waals surface area contributed by atoms with Crippen LogP contribution in [-0.4, -0.2) is 50.6 Å². The lowest BCUT2D eigenvalue weighted by atomic mass is 9.93. The van der Waals surface area contributed by atoms with Crippen LogP contribution in [0.25, 0.3) is 0 Å². The Labute approximate surface area is 137 Å². The normalized spacial score (nSPS) is 24.7. The van der Waals surface area contributed by atoms with Crippen LogP contribution in [0.1, 0.15) is 46.0 Å². The van der Waals surface area contributed by atoms with Crippen molar-refractivity contribution in [3.05, 3.63) is 0 Å². The summed E-state index contributed by atoms with van der Waals surface area (Å²) in [6, 6.07) is 0. The van der Waals surface area contributed by atoms with Crippen molar-refractivity contribution < 1.29 is 28.5 Å². The first-order valence-electron chi connectivity index (χ1n) is 8.56. The highest BCUT2D eigenvalue weighted by Gasteiger charge is 2.41. The number of carbonyl (C=O) groups is 2. The van der Waals surface area contributed by atoms with Crippen LogP contribution in [0.15, 0.2) is 0 Å². The van der Waals surface area contributed by atoms with Gasteiger partial charge in [-0.3, -0.25) is 4.79 Å². The van der Waals surface area contributed by atoms with Crippen LogP contribution in [-0.2, 0) is 28.5 Å². The number of hydrogen-bond acceptors (Lipinski definition) is 6. The van der Waals surface area contributed by atoms with Gasteiger partial charge < -0.3 is 23.7 Å². The predicted octanol–water partition coefficient (Wildman–Crippen LogP) is 2.09. The Morgan fingerprint density at radius 2 is 2.04 bits per heavy atom. The van der Waals surface area contributed by atoms with E-state index in [1.54, 1.807) is 13.8 Å². The zero-order valence-corrected chi connectivity index (χ0v) is 14.1. The number of aldehydes is 1. The maximum atomic E-state index is 12.0. The van der Waals surface area contributed by atoms with Crippen LogP contribution in [0.4, 0.5) is 0 Å². The maximum Gasteiger partial charge on any atom is 0.316 e. The monoisotopic (exact) mass is 328 g/mol. The Bertz CT molecular complexity index is 383. The fourth-order valence-corrected chi connectivity index (χ4v) is 3.17. The lowest BCUT2D eigenvalue weighted by molar-refractivity contribution is -0.185. The van der Waals surface area contributed by atoms with Gasteiger partial charge >= 0.3 is 5.97 Å². The summed E-state index contributed by atoms with van der Waals surface area (Å²) in [5.74, 6) is -1.58. The third-order valence-electron chi connectivity index (χ3n) is 4.36. The molecule has 2 aliphatic heterocycles. The Hall–Kier alpha value is -0.980. The summed E-state index contributed by atoms with van der Waals surface area (Å²) in [5.41, 5.74) is 0. The second-order valence-electron chi connectivity index (χ2n) is 6.66. The van der Waals surface area contributed by atoms with Crippen LogP contribution >= 0.6 is 0 Å². The van der Waals surface area contributed by atoms with Gasteiger partial charge in [0.2, 0.25) is 0 Å². The molecule has 2 aliphatic rings. The van der Waals surface area contributed by atoms with E-state index in [1.807, 2.05) is 0 Å². The molecule has 132 valence electrons. The van der Waals surface area contributed by atoms with Crippen LogP contribution in [0, 0.1) is 11.8 Å². The van der Waals surface area contributed by atoms with Gasteiger partial charge in [-0.15, -0.1) is 0 Å². The Balaban J connectivity index is 1.87. The van der Waals surface area contributed by atoms with Gasteiger partial charge in [-0.25, -0.2) is 0 Å². The molecule has 0 saturated carbocycles.